The molecule has 0 atom stereocenters. The van der Waals surface area contributed by atoms with Gasteiger partial charge in [0.1, 0.15) is 23.5 Å². The molecule has 5 nitrogen and oxygen atoms in total. The zero-order chi connectivity index (χ0) is 10.8. The number of thiophene rings is 1. The number of aromatic nitrogens is 2. The Morgan fingerprint density at radius 2 is 2.31 bits per heavy atom. The zero-order valence-corrected chi connectivity index (χ0v) is 10.1. The van der Waals surface area contributed by atoms with E-state index >= 15 is 0 Å². The molecule has 0 saturated heterocycles. The number of hydrogen-bond donors (Lipinski definition) is 2. The maximum atomic E-state index is 10.4. The number of nitrogens with zero attached hydrogens (tertiary/aromatic N) is 2. The number of carbonyl (C=O) groups is 1. The van der Waals surface area contributed by atoms with Crippen LogP contribution in [0, 0.1) is 6.92 Å². The molecule has 0 amide bonds. The Hall–Kier alpha value is -1.40. The van der Waals surface area contributed by atoms with Gasteiger partial charge >= 0.3 is 5.97 Å². The number of halogens is 1. The average molecular weight is 260 g/mol. The Kier molecular flexibility index (Phi) is 4.03. The van der Waals surface area contributed by atoms with Gasteiger partial charge in [-0.05, 0) is 13.0 Å². The molecule has 0 aliphatic carbocycles. The molecule has 0 aliphatic heterocycles. The summed E-state index contributed by atoms with van der Waals surface area (Å²) in [5.74, 6) is -0.333. The molecule has 2 aromatic heterocycles. The van der Waals surface area contributed by atoms with Crippen LogP contribution in [0.2, 0.25) is 0 Å². The zero-order valence-electron chi connectivity index (χ0n) is 8.43. The number of aryl methyl sites for hydroxylation is 1. The van der Waals surface area contributed by atoms with Gasteiger partial charge in [-0.15, -0.1) is 23.7 Å². The minimum Gasteiger partial charge on any atom is -0.480 e. The lowest BCUT2D eigenvalue weighted by atomic mass is 10.3. The average Bonchev–Trinajstić information content (AvgIpc) is 2.55. The molecule has 0 aromatic carbocycles. The van der Waals surface area contributed by atoms with Crippen molar-refractivity contribution in [2.45, 2.75) is 6.92 Å². The Labute approximate surface area is 102 Å². The number of aliphatic carboxylic acids is 1. The SMILES string of the molecule is Cc1cc2c(NCC(=O)O)ncnc2s1.Cl. The molecule has 0 fully saturated rings. The van der Waals surface area contributed by atoms with Crippen molar-refractivity contribution >= 4 is 45.7 Å². The van der Waals surface area contributed by atoms with Gasteiger partial charge in [-0.2, -0.15) is 0 Å². The smallest absolute Gasteiger partial charge is 0.322 e. The maximum Gasteiger partial charge on any atom is 0.322 e. The van der Waals surface area contributed by atoms with Gasteiger partial charge in [-0.25, -0.2) is 9.97 Å². The molecule has 2 rings (SSSR count). The van der Waals surface area contributed by atoms with Crippen molar-refractivity contribution in [3.8, 4) is 0 Å². The van der Waals surface area contributed by atoms with Crippen LogP contribution >= 0.6 is 23.7 Å². The van der Waals surface area contributed by atoms with Crippen molar-refractivity contribution < 1.29 is 9.90 Å². The van der Waals surface area contributed by atoms with E-state index in [2.05, 4.69) is 15.3 Å². The highest BCUT2D eigenvalue weighted by Gasteiger charge is 2.07. The number of fused-ring (bicyclic) bond motifs is 1. The lowest BCUT2D eigenvalue weighted by Crippen LogP contribution is -2.13. The van der Waals surface area contributed by atoms with Crippen molar-refractivity contribution in [1.29, 1.82) is 0 Å². The van der Waals surface area contributed by atoms with E-state index in [-0.39, 0.29) is 19.0 Å². The van der Waals surface area contributed by atoms with Gasteiger partial charge in [0.15, 0.2) is 0 Å². The van der Waals surface area contributed by atoms with Crippen LogP contribution in [0.5, 0.6) is 0 Å². The standard InChI is InChI=1S/C9H9N3O2S.ClH/c1-5-2-6-8(10-3-7(13)14)11-4-12-9(6)15-5;/h2,4H,3H2,1H3,(H,13,14)(H,10,11,12);1H. The molecular formula is C9H10ClN3O2S. The van der Waals surface area contributed by atoms with Gasteiger partial charge in [0.05, 0.1) is 5.39 Å². The van der Waals surface area contributed by atoms with E-state index in [0.717, 1.165) is 15.1 Å². The predicted molar refractivity (Wildman–Crippen MR) is 65.5 cm³/mol. The molecular weight excluding hydrogens is 250 g/mol. The Bertz CT molecular complexity index is 514. The largest absolute Gasteiger partial charge is 0.480 e. The van der Waals surface area contributed by atoms with Crippen LogP contribution in [0.3, 0.4) is 0 Å². The number of anilines is 1. The van der Waals surface area contributed by atoms with Crippen LogP contribution in [0.15, 0.2) is 12.4 Å². The Balaban J connectivity index is 0.00000128. The molecule has 0 aliphatic rings. The molecule has 2 aromatic rings. The fourth-order valence-corrected chi connectivity index (χ4v) is 2.12. The fourth-order valence-electron chi connectivity index (χ4n) is 1.28. The summed E-state index contributed by atoms with van der Waals surface area (Å²) in [5.41, 5.74) is 0. The summed E-state index contributed by atoms with van der Waals surface area (Å²) >= 11 is 1.56. The Morgan fingerprint density at radius 1 is 1.56 bits per heavy atom. The predicted octanol–water partition coefficient (Wildman–Crippen LogP) is 1.92. The molecule has 0 saturated carbocycles. The summed E-state index contributed by atoms with van der Waals surface area (Å²) in [4.78, 5) is 20.5. The number of nitrogens with one attached hydrogen (secondary N) is 1. The van der Waals surface area contributed by atoms with Crippen LogP contribution in [0.1, 0.15) is 4.88 Å². The first-order chi connectivity index (χ1) is 7.16. The third-order valence-corrected chi connectivity index (χ3v) is 2.82. The highest BCUT2D eigenvalue weighted by molar-refractivity contribution is 7.18. The first-order valence-corrected chi connectivity index (χ1v) is 5.15. The summed E-state index contributed by atoms with van der Waals surface area (Å²) in [5, 5.41) is 12.2. The highest BCUT2D eigenvalue weighted by atomic mass is 35.5. The first-order valence-electron chi connectivity index (χ1n) is 4.33. The lowest BCUT2D eigenvalue weighted by molar-refractivity contribution is -0.134. The molecule has 0 radical (unpaired) electrons. The van der Waals surface area contributed by atoms with Crippen molar-refractivity contribution in [2.24, 2.45) is 0 Å². The van der Waals surface area contributed by atoms with Gasteiger partial charge in [0.2, 0.25) is 0 Å². The third kappa shape index (κ3) is 2.59. The van der Waals surface area contributed by atoms with E-state index in [0.29, 0.717) is 5.82 Å². The van der Waals surface area contributed by atoms with E-state index in [9.17, 15) is 4.79 Å². The van der Waals surface area contributed by atoms with Crippen LogP contribution < -0.4 is 5.32 Å². The number of carboxylic acids is 1. The summed E-state index contributed by atoms with van der Waals surface area (Å²) < 4.78 is 0. The number of hydrogen-bond acceptors (Lipinski definition) is 5. The quantitative estimate of drug-likeness (QED) is 0.881. The van der Waals surface area contributed by atoms with Crippen LogP contribution in [-0.2, 0) is 4.79 Å². The summed E-state index contributed by atoms with van der Waals surface area (Å²) in [6, 6.07) is 1.95. The monoisotopic (exact) mass is 259 g/mol. The van der Waals surface area contributed by atoms with Gasteiger partial charge in [-0.1, -0.05) is 0 Å². The molecule has 0 unspecified atom stereocenters. The van der Waals surface area contributed by atoms with E-state index in [4.69, 9.17) is 5.11 Å². The second kappa shape index (κ2) is 5.09. The van der Waals surface area contributed by atoms with E-state index in [1.807, 2.05) is 13.0 Å². The summed E-state index contributed by atoms with van der Waals surface area (Å²) in [7, 11) is 0. The lowest BCUT2D eigenvalue weighted by Gasteiger charge is -2.02. The molecule has 2 heterocycles. The van der Waals surface area contributed by atoms with Crippen molar-refractivity contribution in [3.05, 3.63) is 17.3 Å². The highest BCUT2D eigenvalue weighted by Crippen LogP contribution is 2.27. The Morgan fingerprint density at radius 3 is 3.00 bits per heavy atom. The molecule has 16 heavy (non-hydrogen) atoms. The molecule has 86 valence electrons. The number of carboxylic acid groups (broad SMARTS) is 1. The minimum atomic E-state index is -0.909. The summed E-state index contributed by atoms with van der Waals surface area (Å²) in [6.07, 6.45) is 1.43. The second-order valence-corrected chi connectivity index (χ2v) is 4.28. The van der Waals surface area contributed by atoms with Gasteiger partial charge < -0.3 is 10.4 Å². The third-order valence-electron chi connectivity index (χ3n) is 1.86. The van der Waals surface area contributed by atoms with E-state index in [1.54, 1.807) is 11.3 Å². The van der Waals surface area contributed by atoms with E-state index < -0.39 is 5.97 Å². The van der Waals surface area contributed by atoms with Crippen LogP contribution in [0.25, 0.3) is 10.2 Å². The van der Waals surface area contributed by atoms with Crippen molar-refractivity contribution in [3.63, 3.8) is 0 Å². The normalized spacial score (nSPS) is 9.81. The summed E-state index contributed by atoms with van der Waals surface area (Å²) in [6.45, 7) is 1.84. The van der Waals surface area contributed by atoms with Crippen LogP contribution in [0.4, 0.5) is 5.82 Å². The molecule has 0 bridgehead atoms. The van der Waals surface area contributed by atoms with Gasteiger partial charge in [0.25, 0.3) is 0 Å². The topological polar surface area (TPSA) is 75.1 Å². The maximum absolute atomic E-state index is 10.4. The molecule has 7 heteroatoms. The number of rotatable bonds is 3. The molecule has 0 spiro atoms. The second-order valence-electron chi connectivity index (χ2n) is 3.05. The van der Waals surface area contributed by atoms with Crippen LogP contribution in [-0.4, -0.2) is 27.6 Å². The first kappa shape index (κ1) is 12.7. The minimum absolute atomic E-state index is 0. The van der Waals surface area contributed by atoms with Gasteiger partial charge in [-0.3, -0.25) is 4.79 Å². The fraction of sp³-hybridized carbons (Fsp3) is 0.222. The van der Waals surface area contributed by atoms with Crippen molar-refractivity contribution in [2.75, 3.05) is 11.9 Å². The molecule has 2 N–H and O–H groups in total. The van der Waals surface area contributed by atoms with Crippen molar-refractivity contribution in [1.82, 2.24) is 9.97 Å². The van der Waals surface area contributed by atoms with E-state index in [1.165, 1.54) is 6.33 Å². The van der Waals surface area contributed by atoms with Gasteiger partial charge in [0, 0.05) is 4.88 Å².